The van der Waals surface area contributed by atoms with Gasteiger partial charge in [-0.05, 0) is 17.7 Å². The molecule has 90 valence electrons. The summed E-state index contributed by atoms with van der Waals surface area (Å²) in [7, 11) is 1.46. The molecule has 0 fully saturated rings. The molecule has 1 aliphatic heterocycles. The molecular weight excluding hydrogens is 228 g/mol. The smallest absolute Gasteiger partial charge is 0.372 e. The number of benzene rings is 1. The summed E-state index contributed by atoms with van der Waals surface area (Å²) >= 11 is 0. The maximum atomic E-state index is 11.1. The topological polar surface area (TPSA) is 82.1 Å². The van der Waals surface area contributed by atoms with Gasteiger partial charge in [0.25, 0.3) is 0 Å². The van der Waals surface area contributed by atoms with Gasteiger partial charge in [-0.15, -0.1) is 0 Å². The van der Waals surface area contributed by atoms with Gasteiger partial charge < -0.3 is 19.3 Å². The van der Waals surface area contributed by atoms with Crippen LogP contribution in [0.2, 0.25) is 0 Å². The molecule has 0 bridgehead atoms. The number of hydrogen-bond acceptors (Lipinski definition) is 5. The largest absolute Gasteiger partial charge is 0.493 e. The number of ketones is 1. The van der Waals surface area contributed by atoms with Crippen molar-refractivity contribution < 1.29 is 28.9 Å². The summed E-state index contributed by atoms with van der Waals surface area (Å²) in [6.45, 7) is 0.0853. The third kappa shape index (κ3) is 2.15. The summed E-state index contributed by atoms with van der Waals surface area (Å²) in [5.74, 6) is -0.989. The van der Waals surface area contributed by atoms with E-state index in [4.69, 9.17) is 19.3 Å². The summed E-state index contributed by atoms with van der Waals surface area (Å²) in [6.07, 6.45) is -0.206. The molecule has 0 aliphatic carbocycles. The van der Waals surface area contributed by atoms with Crippen LogP contribution in [0.4, 0.5) is 0 Å². The molecule has 0 spiro atoms. The van der Waals surface area contributed by atoms with E-state index in [0.717, 1.165) is 0 Å². The van der Waals surface area contributed by atoms with Crippen molar-refractivity contribution in [3.63, 3.8) is 0 Å². The predicted molar refractivity (Wildman–Crippen MR) is 55.5 cm³/mol. The molecule has 0 amide bonds. The van der Waals surface area contributed by atoms with Gasteiger partial charge in [-0.1, -0.05) is 0 Å². The number of carbonyl (C=O) groups is 2. The summed E-state index contributed by atoms with van der Waals surface area (Å²) in [6, 6.07) is 3.14. The second-order valence-electron chi connectivity index (χ2n) is 3.44. The molecule has 0 atom stereocenters. The number of carboxylic acids is 1. The molecule has 0 unspecified atom stereocenters. The number of hydrogen-bond donors (Lipinski definition) is 1. The van der Waals surface area contributed by atoms with Crippen molar-refractivity contribution in [1.29, 1.82) is 0 Å². The van der Waals surface area contributed by atoms with Crippen LogP contribution in [0.15, 0.2) is 12.1 Å². The molecule has 1 heterocycles. The van der Waals surface area contributed by atoms with Gasteiger partial charge in [0.2, 0.25) is 18.3 Å². The molecule has 17 heavy (non-hydrogen) atoms. The van der Waals surface area contributed by atoms with Crippen molar-refractivity contribution in [1.82, 2.24) is 0 Å². The van der Waals surface area contributed by atoms with Crippen LogP contribution in [-0.2, 0) is 16.0 Å². The van der Waals surface area contributed by atoms with Crippen LogP contribution in [0, 0.1) is 0 Å². The van der Waals surface area contributed by atoms with E-state index in [2.05, 4.69) is 0 Å². The number of ether oxygens (including phenoxy) is 3. The van der Waals surface area contributed by atoms with E-state index in [-0.39, 0.29) is 13.2 Å². The van der Waals surface area contributed by atoms with Crippen LogP contribution in [0.1, 0.15) is 5.56 Å². The fourth-order valence-electron chi connectivity index (χ4n) is 1.55. The lowest BCUT2D eigenvalue weighted by Crippen LogP contribution is -2.15. The number of fused-ring (bicyclic) bond motifs is 1. The average Bonchev–Trinajstić information content (AvgIpc) is 2.75. The Balaban J connectivity index is 2.30. The first kappa shape index (κ1) is 11.3. The lowest BCUT2D eigenvalue weighted by molar-refractivity contribution is -0.148. The van der Waals surface area contributed by atoms with Crippen molar-refractivity contribution >= 4 is 11.8 Å². The monoisotopic (exact) mass is 238 g/mol. The first-order chi connectivity index (χ1) is 8.11. The van der Waals surface area contributed by atoms with Gasteiger partial charge >= 0.3 is 5.97 Å². The van der Waals surface area contributed by atoms with Crippen LogP contribution in [0.5, 0.6) is 17.2 Å². The molecule has 1 aromatic carbocycles. The Bertz CT molecular complexity index is 479. The van der Waals surface area contributed by atoms with Crippen molar-refractivity contribution in [2.45, 2.75) is 6.42 Å². The van der Waals surface area contributed by atoms with E-state index in [0.29, 0.717) is 22.8 Å². The van der Waals surface area contributed by atoms with Crippen LogP contribution in [-0.4, -0.2) is 30.8 Å². The fraction of sp³-hybridized carbons (Fsp3) is 0.273. The zero-order valence-corrected chi connectivity index (χ0v) is 9.06. The van der Waals surface area contributed by atoms with Crippen LogP contribution >= 0.6 is 0 Å². The Labute approximate surface area is 96.7 Å². The molecule has 0 saturated heterocycles. The Kier molecular flexibility index (Phi) is 2.86. The van der Waals surface area contributed by atoms with Gasteiger partial charge in [0, 0.05) is 6.42 Å². The second kappa shape index (κ2) is 4.32. The molecule has 0 saturated carbocycles. The maximum Gasteiger partial charge on any atom is 0.372 e. The van der Waals surface area contributed by atoms with Gasteiger partial charge in [0.05, 0.1) is 7.11 Å². The Morgan fingerprint density at radius 3 is 2.82 bits per heavy atom. The van der Waals surface area contributed by atoms with Crippen molar-refractivity contribution in [2.75, 3.05) is 13.9 Å². The van der Waals surface area contributed by atoms with Crippen molar-refractivity contribution in [2.24, 2.45) is 0 Å². The Hall–Kier alpha value is -2.24. The third-order valence-corrected chi connectivity index (χ3v) is 2.32. The van der Waals surface area contributed by atoms with Crippen LogP contribution < -0.4 is 14.2 Å². The van der Waals surface area contributed by atoms with E-state index < -0.39 is 11.8 Å². The van der Waals surface area contributed by atoms with Gasteiger partial charge in [-0.25, -0.2) is 4.79 Å². The zero-order chi connectivity index (χ0) is 12.4. The normalized spacial score (nSPS) is 12.3. The molecule has 1 aliphatic rings. The van der Waals surface area contributed by atoms with Gasteiger partial charge in [0.1, 0.15) is 0 Å². The Morgan fingerprint density at radius 2 is 2.18 bits per heavy atom. The first-order valence-electron chi connectivity index (χ1n) is 4.84. The first-order valence-corrected chi connectivity index (χ1v) is 4.84. The molecule has 1 N–H and O–H groups in total. The van der Waals surface area contributed by atoms with E-state index >= 15 is 0 Å². The molecular formula is C11H10O6. The zero-order valence-electron chi connectivity index (χ0n) is 9.06. The van der Waals surface area contributed by atoms with Crippen LogP contribution in [0.25, 0.3) is 0 Å². The highest BCUT2D eigenvalue weighted by Gasteiger charge is 2.22. The quantitative estimate of drug-likeness (QED) is 0.774. The fourth-order valence-corrected chi connectivity index (χ4v) is 1.55. The van der Waals surface area contributed by atoms with Crippen LogP contribution in [0.3, 0.4) is 0 Å². The van der Waals surface area contributed by atoms with E-state index in [1.165, 1.54) is 7.11 Å². The molecule has 0 radical (unpaired) electrons. The van der Waals surface area contributed by atoms with E-state index in [1.807, 2.05) is 0 Å². The average molecular weight is 238 g/mol. The number of methoxy groups -OCH3 is 1. The lowest BCUT2D eigenvalue weighted by Gasteiger charge is -2.06. The molecule has 0 aromatic heterocycles. The molecule has 6 nitrogen and oxygen atoms in total. The minimum atomic E-state index is -1.46. The van der Waals surface area contributed by atoms with Gasteiger partial charge in [0.15, 0.2) is 11.5 Å². The van der Waals surface area contributed by atoms with E-state index in [9.17, 15) is 9.59 Å². The number of rotatable bonds is 4. The summed E-state index contributed by atoms with van der Waals surface area (Å²) in [5.41, 5.74) is 0.513. The van der Waals surface area contributed by atoms with Gasteiger partial charge in [-0.3, -0.25) is 4.79 Å². The highest BCUT2D eigenvalue weighted by molar-refractivity contribution is 6.33. The SMILES string of the molecule is COc1cc(CC(=O)C(=O)O)cc2c1OCO2. The predicted octanol–water partition coefficient (Wildman–Crippen LogP) is 0.620. The van der Waals surface area contributed by atoms with Crippen molar-refractivity contribution in [3.8, 4) is 17.2 Å². The lowest BCUT2D eigenvalue weighted by atomic mass is 10.1. The third-order valence-electron chi connectivity index (χ3n) is 2.32. The highest BCUT2D eigenvalue weighted by Crippen LogP contribution is 2.41. The molecule has 2 rings (SSSR count). The summed E-state index contributed by atoms with van der Waals surface area (Å²) in [5, 5.41) is 8.53. The highest BCUT2D eigenvalue weighted by atomic mass is 16.7. The number of aliphatic carboxylic acids is 1. The number of carbonyl (C=O) groups excluding carboxylic acids is 1. The minimum absolute atomic E-state index is 0.0853. The minimum Gasteiger partial charge on any atom is -0.493 e. The van der Waals surface area contributed by atoms with E-state index in [1.54, 1.807) is 12.1 Å². The maximum absolute atomic E-state index is 11.1. The number of carboxylic acid groups (broad SMARTS) is 1. The Morgan fingerprint density at radius 1 is 1.41 bits per heavy atom. The standard InChI is InChI=1S/C11H10O6/c1-15-8-3-6(2-7(12)11(13)14)4-9-10(8)17-5-16-9/h3-4H,2,5H2,1H3,(H,13,14). The molecule has 6 heteroatoms. The molecule has 1 aromatic rings. The summed E-state index contributed by atoms with van der Waals surface area (Å²) in [4.78, 5) is 21.6. The van der Waals surface area contributed by atoms with Gasteiger partial charge in [-0.2, -0.15) is 0 Å². The second-order valence-corrected chi connectivity index (χ2v) is 3.44. The summed E-state index contributed by atoms with van der Waals surface area (Å²) < 4.78 is 15.4. The number of Topliss-reactive ketones (excluding diaryl/α,β-unsaturated/α-hetero) is 1. The van der Waals surface area contributed by atoms with Crippen molar-refractivity contribution in [3.05, 3.63) is 17.7 Å².